The number of aliphatic hydroxyl groups is 1. The van der Waals surface area contributed by atoms with Crippen molar-refractivity contribution in [2.24, 2.45) is 5.73 Å². The highest BCUT2D eigenvalue weighted by molar-refractivity contribution is 5.85. The van der Waals surface area contributed by atoms with Crippen molar-refractivity contribution in [3.05, 3.63) is 29.6 Å². The first kappa shape index (κ1) is 15.2. The highest BCUT2D eigenvalue weighted by atomic mass is 35.5. The summed E-state index contributed by atoms with van der Waals surface area (Å²) in [7, 11) is 0. The first-order chi connectivity index (χ1) is 6.93. The van der Waals surface area contributed by atoms with E-state index in [2.05, 4.69) is 4.98 Å². The van der Waals surface area contributed by atoms with Gasteiger partial charge in [-0.2, -0.15) is 13.2 Å². The molecule has 1 rings (SSSR count). The predicted molar refractivity (Wildman–Crippen MR) is 55.3 cm³/mol. The molecule has 1 atom stereocenters. The number of pyridine rings is 1. The van der Waals surface area contributed by atoms with Crippen LogP contribution in [0.3, 0.4) is 0 Å². The van der Waals surface area contributed by atoms with E-state index in [1.165, 1.54) is 6.07 Å². The zero-order valence-electron chi connectivity index (χ0n) is 8.24. The molecule has 0 aliphatic rings. The predicted octanol–water partition coefficient (Wildman–Crippen LogP) is 1.38. The highest BCUT2D eigenvalue weighted by Gasteiger charge is 2.31. The molecule has 0 aliphatic carbocycles. The van der Waals surface area contributed by atoms with Crippen LogP contribution < -0.4 is 5.73 Å². The molecule has 1 aromatic heterocycles. The summed E-state index contributed by atoms with van der Waals surface area (Å²) in [6.45, 7) is -0.207. The van der Waals surface area contributed by atoms with E-state index in [0.29, 0.717) is 12.0 Å². The van der Waals surface area contributed by atoms with Crippen LogP contribution in [0.4, 0.5) is 13.2 Å². The molecular weight excluding hydrogens is 245 g/mol. The Morgan fingerprint density at radius 1 is 1.38 bits per heavy atom. The first-order valence-electron chi connectivity index (χ1n) is 4.32. The fraction of sp³-hybridized carbons (Fsp3) is 0.444. The van der Waals surface area contributed by atoms with Gasteiger partial charge in [-0.05, 0) is 18.1 Å². The van der Waals surface area contributed by atoms with Crippen LogP contribution in [0.2, 0.25) is 0 Å². The van der Waals surface area contributed by atoms with Crippen molar-refractivity contribution in [2.45, 2.75) is 18.6 Å². The minimum atomic E-state index is -4.42. The number of hydrogen-bond acceptors (Lipinski definition) is 3. The third-order valence-electron chi connectivity index (χ3n) is 1.85. The van der Waals surface area contributed by atoms with E-state index in [-0.39, 0.29) is 19.0 Å². The number of nitrogens with zero attached hydrogens (tertiary/aromatic N) is 1. The Balaban J connectivity index is 0.00000225. The number of aliphatic hydroxyl groups excluding tert-OH is 1. The molecule has 1 aromatic rings. The average Bonchev–Trinajstić information content (AvgIpc) is 2.17. The number of alkyl halides is 3. The Labute approximate surface area is 96.9 Å². The maximum atomic E-state index is 12.1. The molecule has 0 spiro atoms. The lowest BCUT2D eigenvalue weighted by Gasteiger charge is -2.09. The van der Waals surface area contributed by atoms with Crippen LogP contribution in [0.25, 0.3) is 0 Å². The maximum Gasteiger partial charge on any atom is 0.433 e. The van der Waals surface area contributed by atoms with Gasteiger partial charge in [0.15, 0.2) is 0 Å². The molecule has 0 amide bonds. The van der Waals surface area contributed by atoms with Gasteiger partial charge in [0, 0.05) is 12.2 Å². The van der Waals surface area contributed by atoms with Crippen molar-refractivity contribution in [2.75, 3.05) is 6.61 Å². The van der Waals surface area contributed by atoms with E-state index in [1.807, 2.05) is 0 Å². The molecule has 0 aromatic carbocycles. The molecule has 0 radical (unpaired) electrons. The molecule has 3 nitrogen and oxygen atoms in total. The van der Waals surface area contributed by atoms with Gasteiger partial charge >= 0.3 is 6.18 Å². The molecule has 16 heavy (non-hydrogen) atoms. The largest absolute Gasteiger partial charge is 0.433 e. The molecule has 0 aliphatic heterocycles. The SMILES string of the molecule is Cl.NC(CO)Cc1ccc(C(F)(F)F)nc1. The summed E-state index contributed by atoms with van der Waals surface area (Å²) in [6, 6.07) is 1.74. The van der Waals surface area contributed by atoms with Gasteiger partial charge in [0.2, 0.25) is 0 Å². The lowest BCUT2D eigenvalue weighted by molar-refractivity contribution is -0.141. The van der Waals surface area contributed by atoms with Gasteiger partial charge < -0.3 is 10.8 Å². The normalized spacial score (nSPS) is 13.1. The van der Waals surface area contributed by atoms with Crippen molar-refractivity contribution in [3.8, 4) is 0 Å². The van der Waals surface area contributed by atoms with Gasteiger partial charge in [-0.15, -0.1) is 12.4 Å². The Bertz CT molecular complexity index is 316. The smallest absolute Gasteiger partial charge is 0.395 e. The number of nitrogens with two attached hydrogens (primary N) is 1. The molecule has 3 N–H and O–H groups in total. The topological polar surface area (TPSA) is 59.1 Å². The summed E-state index contributed by atoms with van der Waals surface area (Å²) < 4.78 is 36.4. The highest BCUT2D eigenvalue weighted by Crippen LogP contribution is 2.27. The van der Waals surface area contributed by atoms with Gasteiger partial charge in [0.05, 0.1) is 6.61 Å². The van der Waals surface area contributed by atoms with E-state index >= 15 is 0 Å². The number of rotatable bonds is 3. The molecule has 0 saturated heterocycles. The lowest BCUT2D eigenvalue weighted by Crippen LogP contribution is -2.26. The third-order valence-corrected chi connectivity index (χ3v) is 1.85. The Morgan fingerprint density at radius 2 is 2.00 bits per heavy atom. The van der Waals surface area contributed by atoms with Crippen LogP contribution >= 0.6 is 12.4 Å². The van der Waals surface area contributed by atoms with Crippen molar-refractivity contribution in [1.29, 1.82) is 0 Å². The molecule has 1 unspecified atom stereocenters. The summed E-state index contributed by atoms with van der Waals surface area (Å²) in [6.07, 6.45) is -2.99. The lowest BCUT2D eigenvalue weighted by atomic mass is 10.1. The molecule has 1 heterocycles. The monoisotopic (exact) mass is 256 g/mol. The number of halogens is 4. The van der Waals surface area contributed by atoms with Crippen molar-refractivity contribution < 1.29 is 18.3 Å². The number of hydrogen-bond donors (Lipinski definition) is 2. The minimum Gasteiger partial charge on any atom is -0.395 e. The van der Waals surface area contributed by atoms with Gasteiger partial charge in [0.25, 0.3) is 0 Å². The molecule has 0 saturated carbocycles. The molecule has 0 bridgehead atoms. The average molecular weight is 257 g/mol. The molecule has 92 valence electrons. The minimum absolute atomic E-state index is 0. The maximum absolute atomic E-state index is 12.1. The zero-order chi connectivity index (χ0) is 11.5. The van der Waals surface area contributed by atoms with Crippen LogP contribution in [-0.4, -0.2) is 22.7 Å². The van der Waals surface area contributed by atoms with Gasteiger partial charge in [-0.25, -0.2) is 0 Å². The van der Waals surface area contributed by atoms with Crippen LogP contribution in [0.5, 0.6) is 0 Å². The molecule has 0 fully saturated rings. The quantitative estimate of drug-likeness (QED) is 0.859. The van der Waals surface area contributed by atoms with E-state index in [9.17, 15) is 13.2 Å². The van der Waals surface area contributed by atoms with E-state index in [0.717, 1.165) is 12.3 Å². The fourth-order valence-corrected chi connectivity index (χ4v) is 1.08. The van der Waals surface area contributed by atoms with Crippen molar-refractivity contribution in [3.63, 3.8) is 0 Å². The van der Waals surface area contributed by atoms with Crippen LogP contribution in [0.1, 0.15) is 11.3 Å². The fourth-order valence-electron chi connectivity index (χ4n) is 1.08. The van der Waals surface area contributed by atoms with Gasteiger partial charge in [-0.3, -0.25) is 4.98 Å². The Morgan fingerprint density at radius 3 is 2.38 bits per heavy atom. The van der Waals surface area contributed by atoms with Gasteiger partial charge in [-0.1, -0.05) is 6.07 Å². The van der Waals surface area contributed by atoms with Crippen molar-refractivity contribution >= 4 is 12.4 Å². The van der Waals surface area contributed by atoms with Crippen LogP contribution in [0.15, 0.2) is 18.3 Å². The molecule has 7 heteroatoms. The summed E-state index contributed by atoms with van der Waals surface area (Å²) in [5, 5.41) is 8.65. The second kappa shape index (κ2) is 6.03. The third kappa shape index (κ3) is 4.34. The zero-order valence-corrected chi connectivity index (χ0v) is 9.05. The Kier molecular flexibility index (Phi) is 5.71. The van der Waals surface area contributed by atoms with E-state index < -0.39 is 17.9 Å². The summed E-state index contributed by atoms with van der Waals surface area (Å²) in [5.41, 5.74) is 5.08. The van der Waals surface area contributed by atoms with E-state index in [1.54, 1.807) is 0 Å². The summed E-state index contributed by atoms with van der Waals surface area (Å²) in [5.74, 6) is 0. The standard InChI is InChI=1S/C9H11F3N2O.ClH/c10-9(11,12)8-2-1-6(4-14-8)3-7(13)5-15;/h1-2,4,7,15H,3,5,13H2;1H. The van der Waals surface area contributed by atoms with Crippen molar-refractivity contribution in [1.82, 2.24) is 4.98 Å². The Hall–Kier alpha value is -0.850. The van der Waals surface area contributed by atoms with Crippen LogP contribution in [0, 0.1) is 0 Å². The summed E-state index contributed by atoms with van der Waals surface area (Å²) in [4.78, 5) is 3.28. The second-order valence-corrected chi connectivity index (χ2v) is 3.20. The number of aromatic nitrogens is 1. The van der Waals surface area contributed by atoms with Gasteiger partial charge in [0.1, 0.15) is 5.69 Å². The first-order valence-corrected chi connectivity index (χ1v) is 4.32. The van der Waals surface area contributed by atoms with Crippen LogP contribution in [-0.2, 0) is 12.6 Å². The second-order valence-electron chi connectivity index (χ2n) is 3.20. The molecular formula is C9H12ClF3N2O. The van der Waals surface area contributed by atoms with E-state index in [4.69, 9.17) is 10.8 Å². The summed E-state index contributed by atoms with van der Waals surface area (Å²) >= 11 is 0.